The van der Waals surface area contributed by atoms with Gasteiger partial charge in [-0.25, -0.2) is 0 Å². The van der Waals surface area contributed by atoms with Crippen LogP contribution >= 0.6 is 0 Å². The second kappa shape index (κ2) is 6.76. The van der Waals surface area contributed by atoms with E-state index in [1.807, 2.05) is 13.0 Å². The molecule has 1 aromatic carbocycles. The number of nitrogens with zero attached hydrogens (tertiary/aromatic N) is 1. The fourth-order valence-electron chi connectivity index (χ4n) is 2.57. The van der Waals surface area contributed by atoms with Crippen molar-refractivity contribution in [2.24, 2.45) is 0 Å². The largest absolute Gasteiger partial charge is 0.494 e. The molecule has 1 aliphatic rings. The van der Waals surface area contributed by atoms with Crippen LogP contribution in [0.1, 0.15) is 25.3 Å². The Labute approximate surface area is 110 Å². The summed E-state index contributed by atoms with van der Waals surface area (Å²) >= 11 is 0. The average Bonchev–Trinajstić information content (AvgIpc) is 2.84. The number of nitrogens with one attached hydrogen (secondary N) is 1. The summed E-state index contributed by atoms with van der Waals surface area (Å²) in [6.07, 6.45) is 2.62. The van der Waals surface area contributed by atoms with Gasteiger partial charge in [-0.05, 0) is 39.4 Å². The van der Waals surface area contributed by atoms with Crippen molar-refractivity contribution < 1.29 is 4.74 Å². The monoisotopic (exact) mass is 248 g/mol. The van der Waals surface area contributed by atoms with Gasteiger partial charge in [-0.15, -0.1) is 0 Å². The van der Waals surface area contributed by atoms with Crippen molar-refractivity contribution in [3.8, 4) is 5.75 Å². The number of rotatable bonds is 6. The summed E-state index contributed by atoms with van der Waals surface area (Å²) in [5.74, 6) is 1.02. The zero-order valence-electron chi connectivity index (χ0n) is 11.5. The van der Waals surface area contributed by atoms with Gasteiger partial charge in [0.15, 0.2) is 0 Å². The third kappa shape index (κ3) is 3.72. The highest BCUT2D eigenvalue weighted by Crippen LogP contribution is 2.19. The number of para-hydroxylation sites is 1. The molecular weight excluding hydrogens is 224 g/mol. The molecule has 2 rings (SSSR count). The molecule has 0 radical (unpaired) electrons. The molecule has 1 unspecified atom stereocenters. The summed E-state index contributed by atoms with van der Waals surface area (Å²) < 4.78 is 5.67. The van der Waals surface area contributed by atoms with E-state index in [2.05, 4.69) is 35.5 Å². The third-order valence-electron chi connectivity index (χ3n) is 3.41. The van der Waals surface area contributed by atoms with Crippen LogP contribution in [0.15, 0.2) is 24.3 Å². The van der Waals surface area contributed by atoms with Gasteiger partial charge in [0.2, 0.25) is 0 Å². The van der Waals surface area contributed by atoms with Gasteiger partial charge in [0.05, 0.1) is 6.61 Å². The maximum atomic E-state index is 5.67. The molecule has 0 aromatic heterocycles. The third-order valence-corrected chi connectivity index (χ3v) is 3.41. The lowest BCUT2D eigenvalue weighted by atomic mass is 10.1. The first-order valence-electron chi connectivity index (χ1n) is 6.92. The summed E-state index contributed by atoms with van der Waals surface area (Å²) in [5, 5.41) is 3.54. The van der Waals surface area contributed by atoms with Crippen LogP contribution in [0.4, 0.5) is 0 Å². The summed E-state index contributed by atoms with van der Waals surface area (Å²) in [5.41, 5.74) is 1.28. The molecule has 1 saturated heterocycles. The fourth-order valence-corrected chi connectivity index (χ4v) is 2.57. The molecule has 1 aliphatic heterocycles. The Bertz CT molecular complexity index is 361. The lowest BCUT2D eigenvalue weighted by Gasteiger charge is -2.22. The topological polar surface area (TPSA) is 24.5 Å². The van der Waals surface area contributed by atoms with E-state index >= 15 is 0 Å². The Morgan fingerprint density at radius 1 is 1.39 bits per heavy atom. The Hall–Kier alpha value is -1.06. The molecule has 0 bridgehead atoms. The minimum Gasteiger partial charge on any atom is -0.494 e. The van der Waals surface area contributed by atoms with Crippen LogP contribution in [0.5, 0.6) is 5.75 Å². The van der Waals surface area contributed by atoms with Crippen LogP contribution in [0.3, 0.4) is 0 Å². The zero-order valence-corrected chi connectivity index (χ0v) is 11.5. The van der Waals surface area contributed by atoms with Crippen molar-refractivity contribution in [3.63, 3.8) is 0 Å². The quantitative estimate of drug-likeness (QED) is 0.836. The van der Waals surface area contributed by atoms with Gasteiger partial charge >= 0.3 is 0 Å². The molecule has 3 heteroatoms. The first-order chi connectivity index (χ1) is 8.79. The standard InChI is InChI=1S/C15H24N2O/c1-3-18-15-9-5-4-7-13(15)11-17(2)12-14-8-6-10-16-14/h4-5,7,9,14,16H,3,6,8,10-12H2,1-2H3. The minimum absolute atomic E-state index is 0.661. The van der Waals surface area contributed by atoms with Gasteiger partial charge in [-0.3, -0.25) is 0 Å². The van der Waals surface area contributed by atoms with Crippen LogP contribution in [-0.2, 0) is 6.54 Å². The highest BCUT2D eigenvalue weighted by Gasteiger charge is 2.16. The Kier molecular flexibility index (Phi) is 5.02. The second-order valence-corrected chi connectivity index (χ2v) is 5.03. The van der Waals surface area contributed by atoms with Crippen molar-refractivity contribution in [1.29, 1.82) is 0 Å². The number of hydrogen-bond acceptors (Lipinski definition) is 3. The fraction of sp³-hybridized carbons (Fsp3) is 0.600. The molecule has 0 spiro atoms. The van der Waals surface area contributed by atoms with Crippen molar-refractivity contribution >= 4 is 0 Å². The normalized spacial score (nSPS) is 19.4. The van der Waals surface area contributed by atoms with E-state index < -0.39 is 0 Å². The van der Waals surface area contributed by atoms with Gasteiger partial charge in [0, 0.05) is 24.7 Å². The van der Waals surface area contributed by atoms with Crippen LogP contribution in [-0.4, -0.2) is 37.7 Å². The SMILES string of the molecule is CCOc1ccccc1CN(C)CC1CCCN1. The second-order valence-electron chi connectivity index (χ2n) is 5.03. The van der Waals surface area contributed by atoms with Crippen molar-refractivity contribution in [2.45, 2.75) is 32.4 Å². The van der Waals surface area contributed by atoms with Gasteiger partial charge in [-0.1, -0.05) is 18.2 Å². The van der Waals surface area contributed by atoms with Crippen LogP contribution in [0, 0.1) is 0 Å². The van der Waals surface area contributed by atoms with Crippen LogP contribution in [0.2, 0.25) is 0 Å². The summed E-state index contributed by atoms with van der Waals surface area (Å²) in [6.45, 7) is 6.00. The summed E-state index contributed by atoms with van der Waals surface area (Å²) in [7, 11) is 2.18. The Morgan fingerprint density at radius 3 is 2.94 bits per heavy atom. The maximum absolute atomic E-state index is 5.67. The molecular formula is C15H24N2O. The number of hydrogen-bond donors (Lipinski definition) is 1. The highest BCUT2D eigenvalue weighted by molar-refractivity contribution is 5.33. The molecule has 1 aromatic rings. The van der Waals surface area contributed by atoms with E-state index in [9.17, 15) is 0 Å². The summed E-state index contributed by atoms with van der Waals surface area (Å²) in [4.78, 5) is 2.38. The molecule has 1 N–H and O–H groups in total. The first kappa shape index (κ1) is 13.4. The van der Waals surface area contributed by atoms with Gasteiger partial charge in [-0.2, -0.15) is 0 Å². The number of likely N-dealkylation sites (N-methyl/N-ethyl adjacent to an activating group) is 1. The lowest BCUT2D eigenvalue weighted by molar-refractivity contribution is 0.281. The van der Waals surface area contributed by atoms with E-state index in [1.54, 1.807) is 0 Å². The average molecular weight is 248 g/mol. The predicted octanol–water partition coefficient (Wildman–Crippen LogP) is 2.27. The Balaban J connectivity index is 1.90. The van der Waals surface area contributed by atoms with E-state index in [1.165, 1.54) is 24.9 Å². The van der Waals surface area contributed by atoms with E-state index in [4.69, 9.17) is 4.74 Å². The minimum atomic E-state index is 0.661. The summed E-state index contributed by atoms with van der Waals surface area (Å²) in [6, 6.07) is 8.99. The van der Waals surface area contributed by atoms with Crippen molar-refractivity contribution in [1.82, 2.24) is 10.2 Å². The molecule has 1 atom stereocenters. The van der Waals surface area contributed by atoms with Crippen LogP contribution in [0.25, 0.3) is 0 Å². The molecule has 18 heavy (non-hydrogen) atoms. The molecule has 3 nitrogen and oxygen atoms in total. The number of ether oxygens (including phenoxy) is 1. The maximum Gasteiger partial charge on any atom is 0.123 e. The lowest BCUT2D eigenvalue weighted by Crippen LogP contribution is -2.35. The Morgan fingerprint density at radius 2 is 2.22 bits per heavy atom. The molecule has 0 amide bonds. The predicted molar refractivity (Wildman–Crippen MR) is 75.0 cm³/mol. The molecule has 100 valence electrons. The van der Waals surface area contributed by atoms with E-state index in [0.29, 0.717) is 6.04 Å². The van der Waals surface area contributed by atoms with Crippen molar-refractivity contribution in [2.75, 3.05) is 26.7 Å². The van der Waals surface area contributed by atoms with Gasteiger partial charge < -0.3 is 15.0 Å². The smallest absolute Gasteiger partial charge is 0.123 e. The first-order valence-corrected chi connectivity index (χ1v) is 6.92. The van der Waals surface area contributed by atoms with Gasteiger partial charge in [0.25, 0.3) is 0 Å². The number of benzene rings is 1. The molecule has 1 heterocycles. The van der Waals surface area contributed by atoms with Crippen LogP contribution < -0.4 is 10.1 Å². The molecule has 0 aliphatic carbocycles. The van der Waals surface area contributed by atoms with Gasteiger partial charge in [0.1, 0.15) is 5.75 Å². The van der Waals surface area contributed by atoms with Crippen molar-refractivity contribution in [3.05, 3.63) is 29.8 Å². The highest BCUT2D eigenvalue weighted by atomic mass is 16.5. The van der Waals surface area contributed by atoms with E-state index in [-0.39, 0.29) is 0 Å². The molecule has 0 saturated carbocycles. The molecule has 1 fully saturated rings. The van der Waals surface area contributed by atoms with E-state index in [0.717, 1.165) is 25.4 Å². The zero-order chi connectivity index (χ0) is 12.8.